The van der Waals surface area contributed by atoms with Gasteiger partial charge in [-0.1, -0.05) is 259 Å². The Hall–Kier alpha value is -7.91. The van der Waals surface area contributed by atoms with Crippen molar-refractivity contribution in [1.29, 1.82) is 0 Å². The molecule has 5 aromatic rings. The molecular formula is C103H146O9. The fourth-order valence-corrected chi connectivity index (χ4v) is 18.0. The Balaban J connectivity index is 0.000000277. The number of ether oxygens (including phenoxy) is 2. The number of aryl methyl sites for hydroxylation is 1. The molecule has 5 aliphatic carbocycles. The Labute approximate surface area is 679 Å². The number of allylic oxidation sites excluding steroid dienone is 6. The third kappa shape index (κ3) is 27.4. The van der Waals surface area contributed by atoms with Gasteiger partial charge in [-0.25, -0.2) is 0 Å². The second-order valence-electron chi connectivity index (χ2n) is 37.6. The van der Waals surface area contributed by atoms with E-state index in [4.69, 9.17) is 9.47 Å². The van der Waals surface area contributed by atoms with Crippen LogP contribution >= 0.6 is 0 Å². The smallest absolute Gasteiger partial charge is 0.154 e. The molecule has 10 rings (SSSR count). The number of carbonyl (C=O) groups excluding carboxylic acids is 7. The van der Waals surface area contributed by atoms with Gasteiger partial charge in [0.15, 0.2) is 6.29 Å². The lowest BCUT2D eigenvalue weighted by atomic mass is 9.57. The highest BCUT2D eigenvalue weighted by Gasteiger charge is 2.64. The number of hydrogen-bond donors (Lipinski definition) is 0. The maximum absolute atomic E-state index is 11.5. The van der Waals surface area contributed by atoms with Crippen LogP contribution in [0.2, 0.25) is 0 Å². The minimum absolute atomic E-state index is 0.0155. The molecule has 0 amide bonds. The van der Waals surface area contributed by atoms with E-state index in [0.717, 1.165) is 139 Å². The van der Waals surface area contributed by atoms with Crippen LogP contribution in [0.1, 0.15) is 337 Å². The van der Waals surface area contributed by atoms with E-state index in [-0.39, 0.29) is 27.1 Å². The number of fused-ring (bicyclic) bond motifs is 2. The van der Waals surface area contributed by atoms with Gasteiger partial charge in [0.05, 0.1) is 12.7 Å². The minimum Gasteiger partial charge on any atom is -0.496 e. The first kappa shape index (κ1) is 96.5. The van der Waals surface area contributed by atoms with Crippen molar-refractivity contribution in [2.75, 3.05) is 13.7 Å². The Kier molecular flexibility index (Phi) is 38.5. The summed E-state index contributed by atoms with van der Waals surface area (Å²) < 4.78 is 10.9. The molecule has 3 saturated carbocycles. The molecule has 4 bridgehead atoms. The summed E-state index contributed by atoms with van der Waals surface area (Å²) in [6.07, 6.45) is 37.0. The molecule has 9 heteroatoms. The molecule has 0 saturated heterocycles. The van der Waals surface area contributed by atoms with Crippen LogP contribution in [-0.4, -0.2) is 57.7 Å². The van der Waals surface area contributed by atoms with Crippen molar-refractivity contribution in [3.05, 3.63) is 211 Å². The number of rotatable bonds is 25. The zero-order valence-corrected chi connectivity index (χ0v) is 73.9. The van der Waals surface area contributed by atoms with E-state index in [1.54, 1.807) is 37.5 Å². The number of methoxy groups -OCH3 is 1. The Morgan fingerprint density at radius 2 is 1.22 bits per heavy atom. The minimum atomic E-state index is 0.0155. The molecule has 112 heavy (non-hydrogen) atoms. The molecule has 5 aliphatic rings. The zero-order chi connectivity index (χ0) is 84.0. The van der Waals surface area contributed by atoms with Crippen LogP contribution in [0, 0.1) is 59.2 Å². The van der Waals surface area contributed by atoms with Crippen molar-refractivity contribution < 1.29 is 43.0 Å². The topological polar surface area (TPSA) is 138 Å². The second kappa shape index (κ2) is 44.7. The summed E-state index contributed by atoms with van der Waals surface area (Å²) in [5.74, 6) is 5.98. The Morgan fingerprint density at radius 1 is 0.625 bits per heavy atom. The summed E-state index contributed by atoms with van der Waals surface area (Å²) in [4.78, 5) is 75.8. The van der Waals surface area contributed by atoms with Crippen LogP contribution in [-0.2, 0) is 46.3 Å². The number of unbranched alkanes of at least 4 members (excludes halogenated alkanes) is 3. The highest BCUT2D eigenvalue weighted by atomic mass is 16.5. The number of benzene rings is 5. The van der Waals surface area contributed by atoms with E-state index in [1.807, 2.05) is 74.5 Å². The molecule has 0 spiro atoms. The van der Waals surface area contributed by atoms with E-state index < -0.39 is 0 Å². The van der Waals surface area contributed by atoms with Gasteiger partial charge in [-0.15, -0.1) is 0 Å². The highest BCUT2D eigenvalue weighted by molar-refractivity contribution is 5.84. The lowest BCUT2D eigenvalue weighted by Gasteiger charge is -2.47. The fraction of sp³-hybridized carbons (Fsp3) is 0.544. The summed E-state index contributed by atoms with van der Waals surface area (Å²) in [5.41, 5.74) is 18.0. The molecule has 3 fully saturated rings. The first-order valence-corrected chi connectivity index (χ1v) is 41.9. The van der Waals surface area contributed by atoms with Crippen LogP contribution in [0.25, 0.3) is 12.2 Å². The summed E-state index contributed by atoms with van der Waals surface area (Å²) in [5, 5.41) is 0. The van der Waals surface area contributed by atoms with Crippen LogP contribution in [0.15, 0.2) is 150 Å². The van der Waals surface area contributed by atoms with E-state index in [1.165, 1.54) is 103 Å². The SMILES string of the molecule is C/C(C=O)=C\c1ccc(C(C)(C)C)cc1.C=CCOc1ccc(C=O)cc1.CC(C)=CCC/C(C)=C/CCC(C)CC=O.CC1(C)CCCC2(C)C(C=O)C3CCC2C31.CC1CC(C)(C)c2ccc(C=O)cc2C1(C)C.CCCCCC/C(C=O)=C\c1ccccc1.COc1c(C=O)c(C)cc2c1C(C)(C)C(C)CC2(C)C. The van der Waals surface area contributed by atoms with Crippen molar-refractivity contribution >= 4 is 56.2 Å². The molecule has 0 aromatic heterocycles. The van der Waals surface area contributed by atoms with Crippen LogP contribution < -0.4 is 9.47 Å². The van der Waals surface area contributed by atoms with E-state index in [0.29, 0.717) is 64.6 Å². The molecule has 0 heterocycles. The van der Waals surface area contributed by atoms with Gasteiger partial charge < -0.3 is 19.1 Å². The van der Waals surface area contributed by atoms with E-state index in [9.17, 15) is 33.6 Å². The highest BCUT2D eigenvalue weighted by Crippen LogP contribution is 2.70. The van der Waals surface area contributed by atoms with Gasteiger partial charge in [-0.05, 0) is 278 Å². The molecule has 9 nitrogen and oxygen atoms in total. The Morgan fingerprint density at radius 3 is 1.77 bits per heavy atom. The quantitative estimate of drug-likeness (QED) is 0.0242. The van der Waals surface area contributed by atoms with Crippen molar-refractivity contribution in [3.8, 4) is 11.5 Å². The molecule has 0 radical (unpaired) electrons. The predicted molar refractivity (Wildman–Crippen MR) is 473 cm³/mol. The molecule has 5 aromatic carbocycles. The van der Waals surface area contributed by atoms with Crippen LogP contribution in [0.4, 0.5) is 0 Å². The van der Waals surface area contributed by atoms with Gasteiger partial charge in [-0.2, -0.15) is 0 Å². The van der Waals surface area contributed by atoms with Gasteiger partial charge in [0.1, 0.15) is 55.8 Å². The van der Waals surface area contributed by atoms with Gasteiger partial charge in [0.2, 0.25) is 0 Å². The van der Waals surface area contributed by atoms with Crippen molar-refractivity contribution in [2.24, 2.45) is 52.3 Å². The van der Waals surface area contributed by atoms with Gasteiger partial charge in [-0.3, -0.25) is 24.0 Å². The first-order chi connectivity index (χ1) is 52.7. The standard InChI is InChI=1S/C18H26O2.C16H22O.C15H24O.C15H20O.C15H26O.C14H18O.C10H10O2/c1-11-8-14-15(16(20-7)13(11)10-19)18(5,6)12(2)9-17(14,3)4;1-11-9-15(2,3)13-7-6-12(10-17)8-14(13)16(11,4)5;1-14(2)7-4-8-15(3)11-6-5-10(13(11)14)12(15)9-16;1-2-3-4-6-11-15(13-16)12-14-9-7-5-8-10-14;1-13(2)7-5-8-14(3)9-6-10-15(4)11-12-16;1-11(10-15)9-12-5-7-13(8-6-12)14(2,3)4;1-2-7-12-10-5-3-9(8-11)4-6-10/h8,10,12H,9H2,1-7H3;6-8,10-11H,9H2,1-5H3;9-13H,4-8H2,1-3H3;5,7-10,12-13H,2-4,6,11H2,1H3;7,9,12,15H,5-6,8,10-11H2,1-4H3;5-10H,1-4H3;2-6,8H,1,7H2/b;;;15-12+;14-9+;11-9+;. The number of carbonyl (C=O) groups is 7. The zero-order valence-electron chi connectivity index (χ0n) is 73.9. The van der Waals surface area contributed by atoms with E-state index >= 15 is 0 Å². The Bertz CT molecular complexity index is 3950. The molecule has 8 unspecified atom stereocenters. The molecule has 0 aliphatic heterocycles. The molecule has 0 N–H and O–H groups in total. The maximum Gasteiger partial charge on any atom is 0.154 e. The lowest BCUT2D eigenvalue weighted by molar-refractivity contribution is -0.117. The summed E-state index contributed by atoms with van der Waals surface area (Å²) >= 11 is 0. The largest absolute Gasteiger partial charge is 0.496 e. The fourth-order valence-electron chi connectivity index (χ4n) is 18.0. The molecular weight excluding hydrogens is 1380 g/mol. The van der Waals surface area contributed by atoms with E-state index in [2.05, 4.69) is 194 Å². The molecule has 8 atom stereocenters. The van der Waals surface area contributed by atoms with Gasteiger partial charge in [0, 0.05) is 29.0 Å². The van der Waals surface area contributed by atoms with Crippen molar-refractivity contribution in [2.45, 2.75) is 295 Å². The third-order valence-corrected chi connectivity index (χ3v) is 25.4. The average Bonchev–Trinajstić information content (AvgIpc) is 1.65. The summed E-state index contributed by atoms with van der Waals surface area (Å²) in [6.45, 7) is 55.4. The van der Waals surface area contributed by atoms with Crippen LogP contribution in [0.5, 0.6) is 11.5 Å². The first-order valence-electron chi connectivity index (χ1n) is 41.9. The summed E-state index contributed by atoms with van der Waals surface area (Å²) in [7, 11) is 1.67. The summed E-state index contributed by atoms with van der Waals surface area (Å²) in [6, 6.07) is 33.6. The normalized spacial score (nSPS) is 21.8. The second-order valence-corrected chi connectivity index (χ2v) is 37.6. The van der Waals surface area contributed by atoms with Crippen molar-refractivity contribution in [1.82, 2.24) is 0 Å². The van der Waals surface area contributed by atoms with Crippen LogP contribution in [0.3, 0.4) is 0 Å². The molecule has 612 valence electrons. The van der Waals surface area contributed by atoms with Gasteiger partial charge in [0.25, 0.3) is 0 Å². The number of hydrogen-bond acceptors (Lipinski definition) is 9. The maximum atomic E-state index is 11.5. The predicted octanol–water partition coefficient (Wildman–Crippen LogP) is 26.8. The third-order valence-electron chi connectivity index (χ3n) is 25.4. The lowest BCUT2D eigenvalue weighted by Crippen LogP contribution is -2.41. The average molecular weight is 1530 g/mol. The number of aldehydes is 7. The monoisotopic (exact) mass is 1530 g/mol. The van der Waals surface area contributed by atoms with Gasteiger partial charge >= 0.3 is 0 Å². The van der Waals surface area contributed by atoms with Crippen molar-refractivity contribution in [3.63, 3.8) is 0 Å².